The highest BCUT2D eigenvalue weighted by Crippen LogP contribution is 2.40. The van der Waals surface area contributed by atoms with Gasteiger partial charge in [-0.15, -0.1) is 0 Å². The molecule has 180 valence electrons. The number of benzene rings is 2. The number of pyridine rings is 1. The first-order valence-electron chi connectivity index (χ1n) is 12.5. The quantitative estimate of drug-likeness (QED) is 0.299. The lowest BCUT2D eigenvalue weighted by Gasteiger charge is -2.38. The van der Waals surface area contributed by atoms with E-state index < -0.39 is 0 Å². The summed E-state index contributed by atoms with van der Waals surface area (Å²) in [6.45, 7) is 6.12. The standard InChI is InChI=1S/C29H36N2O3/c1-3-32-22-27-29(33-4-2)28(19-20-30-27)31(34-21-23-11-7-5-8-12-23)26-17-15-25(16-18-26)24-13-9-6-10-14-24/h5-14,19-20,25-26H,3-4,15-18,21-22H2,1-2H3. The van der Waals surface area contributed by atoms with Gasteiger partial charge in [0, 0.05) is 12.8 Å². The highest BCUT2D eigenvalue weighted by atomic mass is 16.7. The molecule has 0 saturated heterocycles. The van der Waals surface area contributed by atoms with E-state index in [0.29, 0.717) is 32.3 Å². The average molecular weight is 461 g/mol. The smallest absolute Gasteiger partial charge is 0.168 e. The highest BCUT2D eigenvalue weighted by molar-refractivity contribution is 5.59. The highest BCUT2D eigenvalue weighted by Gasteiger charge is 2.30. The molecular weight excluding hydrogens is 424 g/mol. The summed E-state index contributed by atoms with van der Waals surface area (Å²) in [6.07, 6.45) is 6.23. The summed E-state index contributed by atoms with van der Waals surface area (Å²) in [5.41, 5.74) is 4.33. The topological polar surface area (TPSA) is 43.8 Å². The Morgan fingerprint density at radius 1 is 0.824 bits per heavy atom. The molecule has 0 unspecified atom stereocenters. The summed E-state index contributed by atoms with van der Waals surface area (Å²) in [5.74, 6) is 1.36. The molecule has 0 radical (unpaired) electrons. The molecule has 1 aliphatic rings. The molecule has 5 nitrogen and oxygen atoms in total. The van der Waals surface area contributed by atoms with Crippen molar-refractivity contribution in [3.63, 3.8) is 0 Å². The van der Waals surface area contributed by atoms with E-state index in [1.807, 2.05) is 44.3 Å². The fourth-order valence-electron chi connectivity index (χ4n) is 4.72. The Balaban J connectivity index is 1.58. The van der Waals surface area contributed by atoms with Crippen molar-refractivity contribution >= 4 is 5.69 Å². The summed E-state index contributed by atoms with van der Waals surface area (Å²) < 4.78 is 11.8. The second-order valence-electron chi connectivity index (χ2n) is 8.68. The van der Waals surface area contributed by atoms with Crippen LogP contribution in [0.25, 0.3) is 0 Å². The van der Waals surface area contributed by atoms with E-state index in [1.165, 1.54) is 5.56 Å². The minimum absolute atomic E-state index is 0.269. The van der Waals surface area contributed by atoms with Crippen LogP contribution in [0.1, 0.15) is 62.3 Å². The van der Waals surface area contributed by atoms with Crippen molar-refractivity contribution in [3.05, 3.63) is 89.7 Å². The second-order valence-corrected chi connectivity index (χ2v) is 8.68. The van der Waals surface area contributed by atoms with Gasteiger partial charge >= 0.3 is 0 Å². The van der Waals surface area contributed by atoms with Gasteiger partial charge in [0.05, 0.1) is 25.9 Å². The third-order valence-corrected chi connectivity index (χ3v) is 6.44. The van der Waals surface area contributed by atoms with E-state index in [4.69, 9.17) is 14.3 Å². The van der Waals surface area contributed by atoms with Crippen LogP contribution in [0.4, 0.5) is 5.69 Å². The minimum atomic E-state index is 0.269. The normalized spacial score (nSPS) is 17.9. The van der Waals surface area contributed by atoms with Crippen molar-refractivity contribution in [1.29, 1.82) is 0 Å². The Morgan fingerprint density at radius 3 is 2.21 bits per heavy atom. The largest absolute Gasteiger partial charge is 0.490 e. The molecule has 1 aliphatic carbocycles. The molecule has 1 fully saturated rings. The van der Waals surface area contributed by atoms with Gasteiger partial charge < -0.3 is 9.47 Å². The summed E-state index contributed by atoms with van der Waals surface area (Å²) in [7, 11) is 0. The van der Waals surface area contributed by atoms with E-state index in [1.54, 1.807) is 0 Å². The van der Waals surface area contributed by atoms with Crippen molar-refractivity contribution in [2.24, 2.45) is 0 Å². The number of nitrogens with zero attached hydrogens (tertiary/aromatic N) is 2. The molecular formula is C29H36N2O3. The second kappa shape index (κ2) is 12.5. The predicted octanol–water partition coefficient (Wildman–Crippen LogP) is 6.68. The van der Waals surface area contributed by atoms with Crippen LogP contribution in [0.3, 0.4) is 0 Å². The van der Waals surface area contributed by atoms with Gasteiger partial charge in [0.25, 0.3) is 0 Å². The van der Waals surface area contributed by atoms with Crippen LogP contribution in [-0.2, 0) is 22.8 Å². The maximum absolute atomic E-state index is 6.53. The molecule has 1 saturated carbocycles. The molecule has 0 bridgehead atoms. The van der Waals surface area contributed by atoms with E-state index in [2.05, 4.69) is 52.5 Å². The third kappa shape index (κ3) is 6.16. The molecule has 2 aromatic carbocycles. The Bertz CT molecular complexity index is 989. The first-order valence-corrected chi connectivity index (χ1v) is 12.5. The predicted molar refractivity (Wildman–Crippen MR) is 136 cm³/mol. The van der Waals surface area contributed by atoms with Crippen LogP contribution in [-0.4, -0.2) is 24.2 Å². The number of ether oxygens (including phenoxy) is 2. The minimum Gasteiger partial charge on any atom is -0.490 e. The number of rotatable bonds is 11. The number of aromatic nitrogens is 1. The SMILES string of the molecule is CCOCc1nccc(N(OCc2ccccc2)C2CCC(c3ccccc3)CC2)c1OCC. The van der Waals surface area contributed by atoms with Crippen LogP contribution in [0.2, 0.25) is 0 Å². The Hall–Kier alpha value is -2.89. The first kappa shape index (κ1) is 24.2. The number of anilines is 1. The van der Waals surface area contributed by atoms with Gasteiger partial charge in [-0.1, -0.05) is 60.7 Å². The van der Waals surface area contributed by atoms with Gasteiger partial charge in [-0.2, -0.15) is 0 Å². The maximum Gasteiger partial charge on any atom is 0.168 e. The van der Waals surface area contributed by atoms with E-state index >= 15 is 0 Å². The molecule has 0 amide bonds. The van der Waals surface area contributed by atoms with Gasteiger partial charge in [0.15, 0.2) is 5.75 Å². The van der Waals surface area contributed by atoms with Gasteiger partial charge in [-0.25, -0.2) is 5.06 Å². The Kier molecular flexibility index (Phi) is 8.94. The molecule has 5 heteroatoms. The number of hydroxylamine groups is 1. The lowest BCUT2D eigenvalue weighted by molar-refractivity contribution is 0.0607. The summed E-state index contributed by atoms with van der Waals surface area (Å²) in [6, 6.07) is 23.5. The molecule has 0 N–H and O–H groups in total. The number of hydrogen-bond acceptors (Lipinski definition) is 5. The zero-order valence-corrected chi connectivity index (χ0v) is 20.4. The molecule has 0 spiro atoms. The number of hydrogen-bond donors (Lipinski definition) is 0. The molecule has 0 aliphatic heterocycles. The van der Waals surface area contributed by atoms with Crippen molar-refractivity contribution in [1.82, 2.24) is 4.98 Å². The summed E-state index contributed by atoms with van der Waals surface area (Å²) in [4.78, 5) is 11.1. The van der Waals surface area contributed by atoms with E-state index in [0.717, 1.165) is 48.4 Å². The monoisotopic (exact) mass is 460 g/mol. The van der Waals surface area contributed by atoms with Crippen LogP contribution in [0, 0.1) is 0 Å². The van der Waals surface area contributed by atoms with Crippen LogP contribution in [0.5, 0.6) is 5.75 Å². The lowest BCUT2D eigenvalue weighted by Crippen LogP contribution is -2.38. The van der Waals surface area contributed by atoms with E-state index in [9.17, 15) is 0 Å². The average Bonchev–Trinajstić information content (AvgIpc) is 2.90. The molecule has 3 aromatic rings. The fraction of sp³-hybridized carbons (Fsp3) is 0.414. The van der Waals surface area contributed by atoms with Gasteiger partial charge in [0.2, 0.25) is 0 Å². The zero-order chi connectivity index (χ0) is 23.6. The Labute approximate surface area is 203 Å². The van der Waals surface area contributed by atoms with Gasteiger partial charge in [-0.3, -0.25) is 9.82 Å². The molecule has 4 rings (SSSR count). The molecule has 34 heavy (non-hydrogen) atoms. The summed E-state index contributed by atoms with van der Waals surface area (Å²) >= 11 is 0. The third-order valence-electron chi connectivity index (χ3n) is 6.44. The lowest BCUT2D eigenvalue weighted by atomic mass is 9.81. The van der Waals surface area contributed by atoms with Crippen molar-refractivity contribution in [2.45, 2.75) is 64.7 Å². The van der Waals surface area contributed by atoms with Crippen LogP contribution in [0.15, 0.2) is 72.9 Å². The fourth-order valence-corrected chi connectivity index (χ4v) is 4.72. The Morgan fingerprint density at radius 2 is 1.53 bits per heavy atom. The van der Waals surface area contributed by atoms with Gasteiger partial charge in [-0.05, 0) is 62.6 Å². The molecule has 0 atom stereocenters. The first-order chi connectivity index (χ1) is 16.8. The summed E-state index contributed by atoms with van der Waals surface area (Å²) in [5, 5.41) is 2.09. The van der Waals surface area contributed by atoms with Gasteiger partial charge in [0.1, 0.15) is 11.4 Å². The maximum atomic E-state index is 6.53. The zero-order valence-electron chi connectivity index (χ0n) is 20.4. The van der Waals surface area contributed by atoms with Crippen molar-refractivity contribution in [3.8, 4) is 5.75 Å². The van der Waals surface area contributed by atoms with Crippen LogP contribution >= 0.6 is 0 Å². The van der Waals surface area contributed by atoms with E-state index in [-0.39, 0.29) is 6.04 Å². The van der Waals surface area contributed by atoms with Crippen molar-refractivity contribution in [2.75, 3.05) is 18.3 Å². The molecule has 1 heterocycles. The molecule has 1 aromatic heterocycles. The van der Waals surface area contributed by atoms with Crippen LogP contribution < -0.4 is 9.80 Å². The van der Waals surface area contributed by atoms with Crippen molar-refractivity contribution < 1.29 is 14.3 Å².